The molecular weight excluding hydrogens is 209 g/mol. The third-order valence-corrected chi connectivity index (χ3v) is 2.19. The third-order valence-electron chi connectivity index (χ3n) is 2.19. The highest BCUT2D eigenvalue weighted by molar-refractivity contribution is 5.77. The number of nitrogens with zero attached hydrogens (tertiary/aromatic N) is 2. The van der Waals surface area contributed by atoms with Gasteiger partial charge in [-0.15, -0.1) is 0 Å². The second-order valence-corrected chi connectivity index (χ2v) is 3.17. The molecule has 1 aromatic heterocycles. The van der Waals surface area contributed by atoms with Crippen molar-refractivity contribution in [3.05, 3.63) is 36.5 Å². The van der Waals surface area contributed by atoms with Crippen molar-refractivity contribution >= 4 is 5.82 Å². The number of anilines is 1. The Balaban J connectivity index is 2.63. The fourth-order valence-electron chi connectivity index (χ4n) is 1.44. The number of halogens is 1. The van der Waals surface area contributed by atoms with E-state index < -0.39 is 0 Å². The van der Waals surface area contributed by atoms with E-state index in [0.29, 0.717) is 22.7 Å². The first kappa shape index (κ1) is 10.4. The van der Waals surface area contributed by atoms with Crippen LogP contribution >= 0.6 is 0 Å². The van der Waals surface area contributed by atoms with E-state index in [-0.39, 0.29) is 5.82 Å². The van der Waals surface area contributed by atoms with Crippen molar-refractivity contribution in [3.63, 3.8) is 0 Å². The number of ether oxygens (including phenoxy) is 1. The Labute approximate surface area is 91.9 Å². The highest BCUT2D eigenvalue weighted by Crippen LogP contribution is 2.32. The molecule has 0 amide bonds. The van der Waals surface area contributed by atoms with Gasteiger partial charge in [-0.25, -0.2) is 14.4 Å². The molecule has 1 aromatic carbocycles. The van der Waals surface area contributed by atoms with Crippen LogP contribution in [-0.4, -0.2) is 17.1 Å². The van der Waals surface area contributed by atoms with Gasteiger partial charge in [-0.2, -0.15) is 0 Å². The number of nitrogen functional groups attached to an aromatic ring is 1. The van der Waals surface area contributed by atoms with E-state index in [9.17, 15) is 4.39 Å². The first-order valence-corrected chi connectivity index (χ1v) is 4.61. The molecule has 2 rings (SSSR count). The second kappa shape index (κ2) is 4.14. The van der Waals surface area contributed by atoms with Gasteiger partial charge in [0.05, 0.1) is 7.11 Å². The normalized spacial score (nSPS) is 10.1. The summed E-state index contributed by atoms with van der Waals surface area (Å²) in [6, 6.07) is 4.20. The van der Waals surface area contributed by atoms with Crippen LogP contribution in [0.2, 0.25) is 0 Å². The molecule has 0 aliphatic rings. The quantitative estimate of drug-likeness (QED) is 0.837. The number of nitrogens with two attached hydrogens (primary N) is 1. The van der Waals surface area contributed by atoms with Crippen molar-refractivity contribution < 1.29 is 9.13 Å². The van der Waals surface area contributed by atoms with Gasteiger partial charge in [-0.1, -0.05) is 0 Å². The van der Waals surface area contributed by atoms with E-state index in [1.54, 1.807) is 0 Å². The summed E-state index contributed by atoms with van der Waals surface area (Å²) in [6.07, 6.45) is 2.87. The minimum atomic E-state index is -0.362. The van der Waals surface area contributed by atoms with Crippen LogP contribution in [0.4, 0.5) is 10.2 Å². The fraction of sp³-hybridized carbons (Fsp3) is 0.0909. The maximum Gasteiger partial charge on any atom is 0.134 e. The molecule has 0 bridgehead atoms. The highest BCUT2D eigenvalue weighted by Gasteiger charge is 2.10. The highest BCUT2D eigenvalue weighted by atomic mass is 19.1. The van der Waals surface area contributed by atoms with Gasteiger partial charge in [-0.3, -0.25) is 0 Å². The topological polar surface area (TPSA) is 61.0 Å². The lowest BCUT2D eigenvalue weighted by Crippen LogP contribution is -1.97. The van der Waals surface area contributed by atoms with Crippen LogP contribution in [0, 0.1) is 5.82 Å². The lowest BCUT2D eigenvalue weighted by atomic mass is 10.1. The van der Waals surface area contributed by atoms with Crippen molar-refractivity contribution in [2.75, 3.05) is 12.8 Å². The van der Waals surface area contributed by atoms with Crippen LogP contribution < -0.4 is 10.5 Å². The van der Waals surface area contributed by atoms with Gasteiger partial charge in [0.25, 0.3) is 0 Å². The molecule has 82 valence electrons. The average molecular weight is 219 g/mol. The zero-order valence-electron chi connectivity index (χ0n) is 8.64. The largest absolute Gasteiger partial charge is 0.496 e. The molecule has 0 radical (unpaired) electrons. The van der Waals surface area contributed by atoms with Crippen molar-refractivity contribution in [1.29, 1.82) is 0 Å². The summed E-state index contributed by atoms with van der Waals surface area (Å²) in [4.78, 5) is 7.71. The van der Waals surface area contributed by atoms with Crippen molar-refractivity contribution in [1.82, 2.24) is 9.97 Å². The summed E-state index contributed by atoms with van der Waals surface area (Å²) in [5.41, 5.74) is 6.79. The van der Waals surface area contributed by atoms with Crippen LogP contribution in [0.25, 0.3) is 11.1 Å². The Morgan fingerprint density at radius 2 is 2.12 bits per heavy atom. The Bertz CT molecular complexity index is 516. The second-order valence-electron chi connectivity index (χ2n) is 3.17. The summed E-state index contributed by atoms with van der Waals surface area (Å²) in [6.45, 7) is 0. The predicted molar refractivity (Wildman–Crippen MR) is 58.4 cm³/mol. The zero-order valence-corrected chi connectivity index (χ0v) is 8.64. The Morgan fingerprint density at radius 3 is 2.81 bits per heavy atom. The molecule has 0 aliphatic heterocycles. The molecular formula is C11H10FN3O. The van der Waals surface area contributed by atoms with Crippen LogP contribution in [0.5, 0.6) is 5.75 Å². The van der Waals surface area contributed by atoms with Crippen LogP contribution in [-0.2, 0) is 0 Å². The summed E-state index contributed by atoms with van der Waals surface area (Å²) >= 11 is 0. The van der Waals surface area contributed by atoms with Gasteiger partial charge in [0.1, 0.15) is 23.7 Å². The third kappa shape index (κ3) is 1.79. The number of aromatic nitrogens is 2. The molecule has 0 saturated carbocycles. The van der Waals surface area contributed by atoms with Gasteiger partial charge < -0.3 is 10.5 Å². The molecule has 0 aliphatic carbocycles. The molecule has 0 saturated heterocycles. The minimum absolute atomic E-state index is 0.291. The number of hydrogen-bond acceptors (Lipinski definition) is 4. The van der Waals surface area contributed by atoms with Crippen molar-refractivity contribution in [2.45, 2.75) is 0 Å². The SMILES string of the molecule is COc1ccc(F)cc1-c1cncnc1N. The lowest BCUT2D eigenvalue weighted by Gasteiger charge is -2.09. The monoisotopic (exact) mass is 219 g/mol. The molecule has 0 spiro atoms. The van der Waals surface area contributed by atoms with E-state index in [1.165, 1.54) is 37.8 Å². The van der Waals surface area contributed by atoms with E-state index in [2.05, 4.69) is 9.97 Å². The molecule has 0 atom stereocenters. The fourth-order valence-corrected chi connectivity index (χ4v) is 1.44. The number of benzene rings is 1. The Hall–Kier alpha value is -2.17. The minimum Gasteiger partial charge on any atom is -0.496 e. The molecule has 4 nitrogen and oxygen atoms in total. The summed E-state index contributed by atoms with van der Waals surface area (Å²) in [5, 5.41) is 0. The van der Waals surface area contributed by atoms with Crippen molar-refractivity contribution in [3.8, 4) is 16.9 Å². The molecule has 2 N–H and O–H groups in total. The maximum atomic E-state index is 13.2. The number of hydrogen-bond donors (Lipinski definition) is 1. The van der Waals surface area contributed by atoms with E-state index >= 15 is 0 Å². The summed E-state index contributed by atoms with van der Waals surface area (Å²) < 4.78 is 18.3. The van der Waals surface area contributed by atoms with E-state index in [4.69, 9.17) is 10.5 Å². The lowest BCUT2D eigenvalue weighted by molar-refractivity contribution is 0.415. The van der Waals surface area contributed by atoms with Gasteiger partial charge >= 0.3 is 0 Å². The van der Waals surface area contributed by atoms with Crippen LogP contribution in [0.1, 0.15) is 0 Å². The Kier molecular flexibility index (Phi) is 2.68. The number of rotatable bonds is 2. The molecule has 0 fully saturated rings. The zero-order chi connectivity index (χ0) is 11.5. The predicted octanol–water partition coefficient (Wildman–Crippen LogP) is 1.87. The smallest absolute Gasteiger partial charge is 0.134 e. The molecule has 2 aromatic rings. The van der Waals surface area contributed by atoms with Gasteiger partial charge in [0.15, 0.2) is 0 Å². The summed E-state index contributed by atoms with van der Waals surface area (Å²) in [5.74, 6) is 0.459. The van der Waals surface area contributed by atoms with Gasteiger partial charge in [-0.05, 0) is 18.2 Å². The maximum absolute atomic E-state index is 13.2. The first-order chi connectivity index (χ1) is 7.72. The van der Waals surface area contributed by atoms with E-state index in [0.717, 1.165) is 0 Å². The standard InChI is InChI=1S/C11H10FN3O/c1-16-10-3-2-7(12)4-8(10)9-5-14-6-15-11(9)13/h2-6H,1H3,(H2,13,14,15). The molecule has 1 heterocycles. The summed E-state index contributed by atoms with van der Waals surface area (Å²) in [7, 11) is 1.51. The first-order valence-electron chi connectivity index (χ1n) is 4.61. The molecule has 5 heteroatoms. The average Bonchev–Trinajstić information content (AvgIpc) is 2.29. The van der Waals surface area contributed by atoms with Crippen molar-refractivity contribution in [2.24, 2.45) is 0 Å². The van der Waals surface area contributed by atoms with Crippen LogP contribution in [0.3, 0.4) is 0 Å². The van der Waals surface area contributed by atoms with E-state index in [1.807, 2.05) is 0 Å². The molecule has 16 heavy (non-hydrogen) atoms. The van der Waals surface area contributed by atoms with Crippen LogP contribution in [0.15, 0.2) is 30.7 Å². The number of methoxy groups -OCH3 is 1. The van der Waals surface area contributed by atoms with Gasteiger partial charge in [0, 0.05) is 17.3 Å². The van der Waals surface area contributed by atoms with Gasteiger partial charge in [0.2, 0.25) is 0 Å². The Morgan fingerprint density at radius 1 is 1.31 bits per heavy atom. The molecule has 0 unspecified atom stereocenters.